The fourth-order valence-corrected chi connectivity index (χ4v) is 10.4. The summed E-state index contributed by atoms with van der Waals surface area (Å²) in [6.07, 6.45) is 3.05. The number of sulfonamides is 1. The first kappa shape index (κ1) is 44.3. The van der Waals surface area contributed by atoms with Crippen LogP contribution in [0.15, 0.2) is 131 Å². The molecule has 0 radical (unpaired) electrons. The number of halogens is 1. The first-order chi connectivity index (χ1) is 30.6. The van der Waals surface area contributed by atoms with E-state index in [0.29, 0.717) is 21.7 Å². The normalized spacial score (nSPS) is 15.9. The van der Waals surface area contributed by atoms with Crippen molar-refractivity contribution in [1.82, 2.24) is 24.7 Å². The highest BCUT2D eigenvalue weighted by Crippen LogP contribution is 2.33. The Bertz CT molecular complexity index is 2610. The van der Waals surface area contributed by atoms with E-state index in [1.165, 1.54) is 29.6 Å². The maximum atomic E-state index is 13.9. The second-order valence-corrected chi connectivity index (χ2v) is 19.4. The van der Waals surface area contributed by atoms with E-state index in [1.807, 2.05) is 48.5 Å². The minimum atomic E-state index is -4.28. The van der Waals surface area contributed by atoms with Gasteiger partial charge in [-0.25, -0.2) is 18.4 Å². The van der Waals surface area contributed by atoms with E-state index in [1.54, 1.807) is 11.8 Å². The number of thioether (sulfide) groups is 1. The number of nitro benzene ring substituents is 1. The largest absolute Gasteiger partial charge is 0.376 e. The zero-order valence-electron chi connectivity index (χ0n) is 35.3. The minimum Gasteiger partial charge on any atom is -0.376 e. The molecule has 16 heteroatoms. The fourth-order valence-electron chi connectivity index (χ4n) is 8.20. The number of nitro groups is 1. The first-order valence-corrected chi connectivity index (χ1v) is 24.1. The lowest BCUT2D eigenvalue weighted by Gasteiger charge is -2.36. The van der Waals surface area contributed by atoms with Crippen molar-refractivity contribution in [3.05, 3.63) is 142 Å². The van der Waals surface area contributed by atoms with Crippen LogP contribution in [-0.4, -0.2) is 116 Å². The summed E-state index contributed by atoms with van der Waals surface area (Å²) >= 11 is 7.84. The number of hydrogen-bond donors (Lipinski definition) is 2. The summed E-state index contributed by atoms with van der Waals surface area (Å²) in [5, 5.41) is 17.1. The number of piperazine rings is 2. The summed E-state index contributed by atoms with van der Waals surface area (Å²) in [5.41, 5.74) is 5.13. The van der Waals surface area contributed by atoms with Crippen LogP contribution in [0.3, 0.4) is 0 Å². The standard InChI is InChI=1S/C47H52ClN9O4S2/c1-53-22-24-54(25-23-53)21-7-9-38(33-62-40-10-3-2-4-11-40)51-44-20-18-41(31-46(44)57(58)59)63(60,61)52-47-43-19-17-39(30-45(43)49-34-50-47)56-28-26-55(27-29-56)32-36-8-5-6-12-42(36)35-13-15-37(48)16-14-35/h2-6,8,10-20,30-31,34,38,51H,7,9,21-29,32-33H2,1H3,(H,49,50,52)/t38-/m1/s1. The van der Waals surface area contributed by atoms with E-state index in [2.05, 4.69) is 95.2 Å². The van der Waals surface area contributed by atoms with Gasteiger partial charge in [0.15, 0.2) is 5.82 Å². The second kappa shape index (κ2) is 20.5. The molecule has 2 fully saturated rings. The van der Waals surface area contributed by atoms with Gasteiger partial charge in [0.2, 0.25) is 0 Å². The van der Waals surface area contributed by atoms with Gasteiger partial charge in [-0.15, -0.1) is 11.8 Å². The number of aromatic nitrogens is 2. The smallest absolute Gasteiger partial charge is 0.293 e. The number of fused-ring (bicyclic) bond motifs is 1. The number of rotatable bonds is 17. The van der Waals surface area contributed by atoms with Crippen molar-refractivity contribution in [2.75, 3.05) is 86.6 Å². The highest BCUT2D eigenvalue weighted by atomic mass is 35.5. The third-order valence-corrected chi connectivity index (χ3v) is 14.6. The predicted molar refractivity (Wildman–Crippen MR) is 256 cm³/mol. The molecule has 13 nitrogen and oxygen atoms in total. The molecule has 0 bridgehead atoms. The van der Waals surface area contributed by atoms with Crippen molar-refractivity contribution in [2.24, 2.45) is 0 Å². The van der Waals surface area contributed by atoms with Gasteiger partial charge in [0.05, 0.1) is 15.3 Å². The zero-order chi connectivity index (χ0) is 43.8. The predicted octanol–water partition coefficient (Wildman–Crippen LogP) is 8.58. The van der Waals surface area contributed by atoms with E-state index in [4.69, 9.17) is 11.6 Å². The number of nitrogens with one attached hydrogen (secondary N) is 2. The van der Waals surface area contributed by atoms with Crippen LogP contribution < -0.4 is 14.9 Å². The lowest BCUT2D eigenvalue weighted by atomic mass is 9.99. The second-order valence-electron chi connectivity index (χ2n) is 16.1. The average Bonchev–Trinajstić information content (AvgIpc) is 3.29. The summed E-state index contributed by atoms with van der Waals surface area (Å²) < 4.78 is 30.3. The van der Waals surface area contributed by atoms with Crippen molar-refractivity contribution in [1.29, 1.82) is 0 Å². The van der Waals surface area contributed by atoms with Gasteiger partial charge in [-0.1, -0.05) is 66.2 Å². The molecule has 3 heterocycles. The molecule has 5 aromatic carbocycles. The molecule has 2 aliphatic rings. The zero-order valence-corrected chi connectivity index (χ0v) is 37.7. The molecule has 0 saturated carbocycles. The molecule has 6 aromatic rings. The van der Waals surface area contributed by atoms with Crippen LogP contribution in [-0.2, 0) is 16.6 Å². The van der Waals surface area contributed by atoms with Crippen LogP contribution in [0, 0.1) is 10.1 Å². The third kappa shape index (κ3) is 11.5. The summed E-state index contributed by atoms with van der Waals surface area (Å²) in [5.74, 6) is 0.782. The molecule has 1 atom stereocenters. The van der Waals surface area contributed by atoms with Gasteiger partial charge in [-0.05, 0) is 97.7 Å². The molecule has 2 saturated heterocycles. The molecule has 328 valence electrons. The summed E-state index contributed by atoms with van der Waals surface area (Å²) in [4.78, 5) is 31.1. The highest BCUT2D eigenvalue weighted by molar-refractivity contribution is 7.99. The molecule has 0 amide bonds. The van der Waals surface area contributed by atoms with Crippen LogP contribution in [0.25, 0.3) is 22.0 Å². The molecular formula is C47H52ClN9O4S2. The Kier molecular flexibility index (Phi) is 14.4. The van der Waals surface area contributed by atoms with E-state index >= 15 is 0 Å². The third-order valence-electron chi connectivity index (χ3n) is 11.8. The summed E-state index contributed by atoms with van der Waals surface area (Å²) in [6.45, 7) is 9.27. The van der Waals surface area contributed by atoms with Gasteiger partial charge >= 0.3 is 0 Å². The molecule has 1 aromatic heterocycles. The Hall–Kier alpha value is -5.29. The monoisotopic (exact) mass is 905 g/mol. The van der Waals surface area contributed by atoms with Gasteiger partial charge in [-0.2, -0.15) is 0 Å². The van der Waals surface area contributed by atoms with E-state index in [9.17, 15) is 18.5 Å². The number of likely N-dealkylation sites (N-methyl/N-ethyl adjacent to an activating group) is 1. The van der Waals surface area contributed by atoms with Crippen LogP contribution in [0.2, 0.25) is 5.02 Å². The van der Waals surface area contributed by atoms with Gasteiger partial charge in [0.1, 0.15) is 12.0 Å². The lowest BCUT2D eigenvalue weighted by Crippen LogP contribution is -2.46. The highest BCUT2D eigenvalue weighted by Gasteiger charge is 2.26. The van der Waals surface area contributed by atoms with Crippen LogP contribution in [0.4, 0.5) is 22.9 Å². The average molecular weight is 907 g/mol. The van der Waals surface area contributed by atoms with Crippen LogP contribution in [0.1, 0.15) is 18.4 Å². The number of benzene rings is 5. The van der Waals surface area contributed by atoms with Crippen LogP contribution in [0.5, 0.6) is 0 Å². The molecule has 63 heavy (non-hydrogen) atoms. The number of nitrogens with zero attached hydrogens (tertiary/aromatic N) is 7. The Labute approximate surface area is 378 Å². The van der Waals surface area contributed by atoms with Gasteiger partial charge in [0.25, 0.3) is 15.7 Å². The van der Waals surface area contributed by atoms with Crippen molar-refractivity contribution in [3.63, 3.8) is 0 Å². The molecule has 2 aliphatic heterocycles. The maximum absolute atomic E-state index is 13.9. The SMILES string of the molecule is CN1CCN(CCC[C@H](CSc2ccccc2)Nc2ccc(S(=O)(=O)Nc3ncnc4cc(N5CCN(Cc6ccccc6-c6ccc(Cl)cc6)CC5)ccc34)cc2[N+](=O)[O-])CC1. The molecule has 2 N–H and O–H groups in total. The molecule has 8 rings (SSSR count). The van der Waals surface area contributed by atoms with Crippen molar-refractivity contribution in [2.45, 2.75) is 35.2 Å². The Morgan fingerprint density at radius 1 is 0.825 bits per heavy atom. The topological polar surface area (TPSA) is 140 Å². The fraction of sp³-hybridized carbons (Fsp3) is 0.319. The van der Waals surface area contributed by atoms with Gasteiger partial charge in [0, 0.05) is 97.8 Å². The number of anilines is 3. The summed E-state index contributed by atoms with van der Waals surface area (Å²) in [6, 6.07) is 36.1. The lowest BCUT2D eigenvalue weighted by molar-refractivity contribution is -0.384. The molecule has 0 spiro atoms. The van der Waals surface area contributed by atoms with E-state index in [0.717, 1.165) is 101 Å². The van der Waals surface area contributed by atoms with Gasteiger partial charge in [-0.3, -0.25) is 19.7 Å². The van der Waals surface area contributed by atoms with E-state index < -0.39 is 14.9 Å². The maximum Gasteiger partial charge on any atom is 0.293 e. The molecule has 0 aliphatic carbocycles. The minimum absolute atomic E-state index is 0.0913. The first-order valence-electron chi connectivity index (χ1n) is 21.3. The Morgan fingerprint density at radius 3 is 2.32 bits per heavy atom. The Morgan fingerprint density at radius 2 is 1.56 bits per heavy atom. The van der Waals surface area contributed by atoms with E-state index in [-0.39, 0.29) is 28.1 Å². The Balaban J connectivity index is 0.924. The van der Waals surface area contributed by atoms with Crippen molar-refractivity contribution in [3.8, 4) is 11.1 Å². The molecular weight excluding hydrogens is 854 g/mol. The van der Waals surface area contributed by atoms with Crippen molar-refractivity contribution < 1.29 is 13.3 Å². The van der Waals surface area contributed by atoms with Gasteiger partial charge < -0.3 is 20.0 Å². The van der Waals surface area contributed by atoms with Crippen LogP contribution >= 0.6 is 23.4 Å². The summed E-state index contributed by atoms with van der Waals surface area (Å²) in [7, 11) is -2.14. The van der Waals surface area contributed by atoms with Crippen molar-refractivity contribution >= 4 is 67.2 Å². The molecule has 0 unspecified atom stereocenters. The quantitative estimate of drug-likeness (QED) is 0.0515. The number of hydrogen-bond acceptors (Lipinski definition) is 12.